The van der Waals surface area contributed by atoms with Gasteiger partial charge >= 0.3 is 5.97 Å². The molecule has 21 heavy (non-hydrogen) atoms. The molecule has 0 bridgehead atoms. The standard InChI is InChI=1S/C15H17F2NO3/c1-2-15(14(20)21)6-3-7-18(15)13(19)8-10-4-5-11(16)9-12(10)17/h4-5,9H,2-3,6-8H2,1H3,(H,20,21). The summed E-state index contributed by atoms with van der Waals surface area (Å²) in [6.07, 6.45) is 1.05. The lowest BCUT2D eigenvalue weighted by Gasteiger charge is -2.34. The van der Waals surface area contributed by atoms with Gasteiger partial charge in [-0.05, 0) is 30.9 Å². The van der Waals surface area contributed by atoms with Gasteiger partial charge in [0.05, 0.1) is 6.42 Å². The molecular weight excluding hydrogens is 280 g/mol. The van der Waals surface area contributed by atoms with E-state index in [-0.39, 0.29) is 12.0 Å². The smallest absolute Gasteiger partial charge is 0.329 e. The van der Waals surface area contributed by atoms with E-state index in [1.807, 2.05) is 0 Å². The molecule has 0 radical (unpaired) electrons. The lowest BCUT2D eigenvalue weighted by atomic mass is 9.92. The van der Waals surface area contributed by atoms with Crippen LogP contribution in [0.15, 0.2) is 18.2 Å². The number of rotatable bonds is 4. The fourth-order valence-corrected chi connectivity index (χ4v) is 2.91. The Hall–Kier alpha value is -1.98. The van der Waals surface area contributed by atoms with Gasteiger partial charge in [0.1, 0.15) is 17.2 Å². The van der Waals surface area contributed by atoms with Crippen molar-refractivity contribution in [3.8, 4) is 0 Å². The predicted octanol–water partition coefficient (Wildman–Crippen LogP) is 2.36. The summed E-state index contributed by atoms with van der Waals surface area (Å²) >= 11 is 0. The summed E-state index contributed by atoms with van der Waals surface area (Å²) < 4.78 is 26.5. The summed E-state index contributed by atoms with van der Waals surface area (Å²) in [7, 11) is 0. The van der Waals surface area contributed by atoms with Crippen LogP contribution in [0.4, 0.5) is 8.78 Å². The van der Waals surface area contributed by atoms with E-state index in [0.29, 0.717) is 25.8 Å². The lowest BCUT2D eigenvalue weighted by molar-refractivity contribution is -0.156. The van der Waals surface area contributed by atoms with E-state index in [4.69, 9.17) is 0 Å². The van der Waals surface area contributed by atoms with Crippen molar-refractivity contribution in [1.82, 2.24) is 4.90 Å². The predicted molar refractivity (Wildman–Crippen MR) is 71.7 cm³/mol. The van der Waals surface area contributed by atoms with Gasteiger partial charge < -0.3 is 10.0 Å². The Balaban J connectivity index is 2.21. The largest absolute Gasteiger partial charge is 0.479 e. The molecule has 1 saturated heterocycles. The fraction of sp³-hybridized carbons (Fsp3) is 0.467. The first-order chi connectivity index (χ1) is 9.90. The Kier molecular flexibility index (Phi) is 4.25. The van der Waals surface area contributed by atoms with Crippen LogP contribution in [-0.2, 0) is 16.0 Å². The highest BCUT2D eigenvalue weighted by Crippen LogP contribution is 2.33. The van der Waals surface area contributed by atoms with Gasteiger partial charge in [-0.25, -0.2) is 13.6 Å². The first-order valence-corrected chi connectivity index (χ1v) is 6.88. The highest BCUT2D eigenvalue weighted by molar-refractivity contribution is 5.88. The van der Waals surface area contributed by atoms with Crippen molar-refractivity contribution in [1.29, 1.82) is 0 Å². The van der Waals surface area contributed by atoms with E-state index in [9.17, 15) is 23.5 Å². The first-order valence-electron chi connectivity index (χ1n) is 6.88. The van der Waals surface area contributed by atoms with Crippen LogP contribution in [0, 0.1) is 11.6 Å². The Bertz CT molecular complexity index is 576. The molecule has 1 aliphatic heterocycles. The maximum absolute atomic E-state index is 13.6. The number of nitrogens with zero attached hydrogens (tertiary/aromatic N) is 1. The monoisotopic (exact) mass is 297 g/mol. The highest BCUT2D eigenvalue weighted by Gasteiger charge is 2.48. The molecule has 6 heteroatoms. The average molecular weight is 297 g/mol. The normalized spacial score (nSPS) is 21.6. The molecule has 0 aliphatic carbocycles. The van der Waals surface area contributed by atoms with Gasteiger partial charge in [0.15, 0.2) is 0 Å². The molecule has 0 spiro atoms. The zero-order chi connectivity index (χ0) is 15.6. The molecular formula is C15H17F2NO3. The van der Waals surface area contributed by atoms with E-state index >= 15 is 0 Å². The molecule has 2 rings (SSSR count). The fourth-order valence-electron chi connectivity index (χ4n) is 2.91. The molecule has 1 unspecified atom stereocenters. The second-order valence-electron chi connectivity index (χ2n) is 5.25. The Morgan fingerprint density at radius 1 is 1.38 bits per heavy atom. The molecule has 114 valence electrons. The molecule has 1 fully saturated rings. The Labute approximate surface area is 121 Å². The Morgan fingerprint density at radius 3 is 2.67 bits per heavy atom. The molecule has 1 aliphatic rings. The van der Waals surface area contributed by atoms with Gasteiger partial charge in [0.25, 0.3) is 0 Å². The van der Waals surface area contributed by atoms with Gasteiger partial charge in [0, 0.05) is 12.6 Å². The van der Waals surface area contributed by atoms with Crippen LogP contribution in [0.5, 0.6) is 0 Å². The molecule has 4 nitrogen and oxygen atoms in total. The van der Waals surface area contributed by atoms with Crippen molar-refractivity contribution in [3.63, 3.8) is 0 Å². The number of carbonyl (C=O) groups is 2. The maximum Gasteiger partial charge on any atom is 0.329 e. The summed E-state index contributed by atoms with van der Waals surface area (Å²) in [5, 5.41) is 9.42. The number of hydrogen-bond acceptors (Lipinski definition) is 2. The number of halogens is 2. The maximum atomic E-state index is 13.6. The summed E-state index contributed by atoms with van der Waals surface area (Å²) in [5.41, 5.74) is -1.13. The molecule has 1 aromatic rings. The zero-order valence-electron chi connectivity index (χ0n) is 11.7. The molecule has 1 N–H and O–H groups in total. The zero-order valence-corrected chi connectivity index (χ0v) is 11.7. The van der Waals surface area contributed by atoms with Crippen molar-refractivity contribution in [2.75, 3.05) is 6.54 Å². The summed E-state index contributed by atoms with van der Waals surface area (Å²) in [5.74, 6) is -2.98. The minimum Gasteiger partial charge on any atom is -0.479 e. The van der Waals surface area contributed by atoms with Gasteiger partial charge in [-0.15, -0.1) is 0 Å². The summed E-state index contributed by atoms with van der Waals surface area (Å²) in [4.78, 5) is 25.2. The van der Waals surface area contributed by atoms with Gasteiger partial charge in [-0.1, -0.05) is 13.0 Å². The summed E-state index contributed by atoms with van der Waals surface area (Å²) in [6, 6.07) is 3.02. The number of carboxylic acids is 1. The van der Waals surface area contributed by atoms with Crippen LogP contribution < -0.4 is 0 Å². The third-order valence-electron chi connectivity index (χ3n) is 4.13. The SMILES string of the molecule is CCC1(C(=O)O)CCCN1C(=O)Cc1ccc(F)cc1F. The third-order valence-corrected chi connectivity index (χ3v) is 4.13. The number of aliphatic carboxylic acids is 1. The minimum atomic E-state index is -1.20. The lowest BCUT2D eigenvalue weighted by Crippen LogP contribution is -2.53. The van der Waals surface area contributed by atoms with Crippen molar-refractivity contribution in [3.05, 3.63) is 35.4 Å². The van der Waals surface area contributed by atoms with Gasteiger partial charge in [-0.3, -0.25) is 4.79 Å². The van der Waals surface area contributed by atoms with Crippen LogP contribution in [0.1, 0.15) is 31.7 Å². The van der Waals surface area contributed by atoms with Gasteiger partial charge in [-0.2, -0.15) is 0 Å². The molecule has 1 amide bonds. The van der Waals surface area contributed by atoms with Crippen LogP contribution >= 0.6 is 0 Å². The van der Waals surface area contributed by atoms with Crippen molar-refractivity contribution < 1.29 is 23.5 Å². The minimum absolute atomic E-state index is 0.0729. The van der Waals surface area contributed by atoms with E-state index < -0.39 is 29.0 Å². The molecule has 1 atom stereocenters. The molecule has 0 aromatic heterocycles. The van der Waals surface area contributed by atoms with Crippen molar-refractivity contribution in [2.24, 2.45) is 0 Å². The topological polar surface area (TPSA) is 57.6 Å². The second-order valence-corrected chi connectivity index (χ2v) is 5.25. The quantitative estimate of drug-likeness (QED) is 0.928. The Morgan fingerprint density at radius 2 is 2.10 bits per heavy atom. The second kappa shape index (κ2) is 5.79. The van der Waals surface area contributed by atoms with E-state index in [2.05, 4.69) is 0 Å². The van der Waals surface area contributed by atoms with Crippen molar-refractivity contribution >= 4 is 11.9 Å². The van der Waals surface area contributed by atoms with Crippen LogP contribution in [0.3, 0.4) is 0 Å². The van der Waals surface area contributed by atoms with Crippen molar-refractivity contribution in [2.45, 2.75) is 38.1 Å². The molecule has 0 saturated carbocycles. The van der Waals surface area contributed by atoms with E-state index in [1.54, 1.807) is 6.92 Å². The number of carbonyl (C=O) groups excluding carboxylic acids is 1. The highest BCUT2D eigenvalue weighted by atomic mass is 19.1. The molecule has 1 aromatic carbocycles. The van der Waals surface area contributed by atoms with E-state index in [1.165, 1.54) is 11.0 Å². The number of hydrogen-bond donors (Lipinski definition) is 1. The third kappa shape index (κ3) is 2.75. The number of carboxylic acid groups (broad SMARTS) is 1. The van der Waals surface area contributed by atoms with Crippen LogP contribution in [0.2, 0.25) is 0 Å². The van der Waals surface area contributed by atoms with Gasteiger partial charge in [0.2, 0.25) is 5.91 Å². The molecule has 1 heterocycles. The number of likely N-dealkylation sites (tertiary alicyclic amines) is 1. The van der Waals surface area contributed by atoms with E-state index in [0.717, 1.165) is 12.1 Å². The number of amides is 1. The van der Waals surface area contributed by atoms with Crippen LogP contribution in [0.25, 0.3) is 0 Å². The summed E-state index contributed by atoms with van der Waals surface area (Å²) in [6.45, 7) is 2.07. The number of benzene rings is 1. The van der Waals surface area contributed by atoms with Crippen LogP contribution in [-0.4, -0.2) is 34.0 Å². The average Bonchev–Trinajstić information content (AvgIpc) is 2.87. The first kappa shape index (κ1) is 15.4.